The molecule has 9 heteroatoms. The minimum absolute atomic E-state index is 0.0853. The van der Waals surface area contributed by atoms with Crippen LogP contribution >= 0.6 is 12.2 Å². The molecule has 1 amide bonds. The van der Waals surface area contributed by atoms with Crippen LogP contribution in [0.4, 0.5) is 11.4 Å². The van der Waals surface area contributed by atoms with Crippen molar-refractivity contribution in [2.75, 3.05) is 12.0 Å². The first-order valence-electron chi connectivity index (χ1n) is 11.1. The van der Waals surface area contributed by atoms with E-state index < -0.39 is 16.7 Å². The Morgan fingerprint density at radius 3 is 2.54 bits per heavy atom. The van der Waals surface area contributed by atoms with Crippen LogP contribution in [0.2, 0.25) is 0 Å². The number of aryl methyl sites for hydroxylation is 1. The van der Waals surface area contributed by atoms with Crippen LogP contribution < -0.4 is 14.4 Å². The minimum Gasteiger partial charge on any atom is -0.493 e. The lowest BCUT2D eigenvalue weighted by molar-refractivity contribution is -0.384. The van der Waals surface area contributed by atoms with Crippen molar-refractivity contribution in [1.29, 1.82) is 0 Å². The fourth-order valence-corrected chi connectivity index (χ4v) is 5.36. The predicted octanol–water partition coefficient (Wildman–Crippen LogP) is 5.40. The predicted molar refractivity (Wildman–Crippen MR) is 135 cm³/mol. The summed E-state index contributed by atoms with van der Waals surface area (Å²) in [5, 5.41) is 11.4. The summed E-state index contributed by atoms with van der Waals surface area (Å²) < 4.78 is 12.1. The fourth-order valence-electron chi connectivity index (χ4n) is 4.85. The van der Waals surface area contributed by atoms with E-state index in [1.807, 2.05) is 61.2 Å². The standard InChI is InChI=1S/C26H23N3O5S/c1-16-6-4-7-19(14-16)28-25(35)27(24(30)17-10-12-18(13-11-17)29(31)32)21-15-26(28,2)34-23-20(21)8-5-9-22(23)33-3/h4-14,21H,15H2,1-3H3/t21-,26-/m1/s1. The normalized spacial score (nSPS) is 20.7. The van der Waals surface area contributed by atoms with Crippen molar-refractivity contribution in [3.05, 3.63) is 93.5 Å². The molecule has 0 unspecified atom stereocenters. The molecule has 0 N–H and O–H groups in total. The van der Waals surface area contributed by atoms with E-state index in [0.717, 1.165) is 16.8 Å². The summed E-state index contributed by atoms with van der Waals surface area (Å²) in [6.45, 7) is 3.94. The zero-order valence-electron chi connectivity index (χ0n) is 19.4. The number of hydrogen-bond donors (Lipinski definition) is 0. The van der Waals surface area contributed by atoms with Gasteiger partial charge in [-0.05, 0) is 62.0 Å². The molecule has 0 radical (unpaired) electrons. The molecule has 8 nitrogen and oxygen atoms in total. The van der Waals surface area contributed by atoms with Gasteiger partial charge in [0.25, 0.3) is 11.6 Å². The van der Waals surface area contributed by atoms with Crippen LogP contribution in [0, 0.1) is 17.0 Å². The number of carbonyl (C=O) groups is 1. The highest BCUT2D eigenvalue weighted by molar-refractivity contribution is 7.80. The van der Waals surface area contributed by atoms with Gasteiger partial charge in [0.15, 0.2) is 22.3 Å². The van der Waals surface area contributed by atoms with E-state index in [4.69, 9.17) is 21.7 Å². The third-order valence-corrected chi connectivity index (χ3v) is 6.85. The smallest absolute Gasteiger partial charge is 0.269 e. The molecular weight excluding hydrogens is 466 g/mol. The van der Waals surface area contributed by atoms with Gasteiger partial charge in [0.05, 0.1) is 18.1 Å². The summed E-state index contributed by atoms with van der Waals surface area (Å²) in [5.74, 6) is 0.791. The topological polar surface area (TPSA) is 85.1 Å². The number of hydrogen-bond acceptors (Lipinski definition) is 6. The van der Waals surface area contributed by atoms with E-state index in [1.165, 1.54) is 24.3 Å². The van der Waals surface area contributed by atoms with Crippen LogP contribution in [-0.4, -0.2) is 33.7 Å². The van der Waals surface area contributed by atoms with Crippen LogP contribution in [0.15, 0.2) is 66.7 Å². The molecule has 2 heterocycles. The average Bonchev–Trinajstić information content (AvgIpc) is 2.83. The maximum Gasteiger partial charge on any atom is 0.269 e. The highest BCUT2D eigenvalue weighted by Gasteiger charge is 2.54. The largest absolute Gasteiger partial charge is 0.493 e. The molecule has 0 spiro atoms. The second-order valence-electron chi connectivity index (χ2n) is 8.81. The van der Waals surface area contributed by atoms with Gasteiger partial charge in [-0.1, -0.05) is 24.3 Å². The van der Waals surface area contributed by atoms with Gasteiger partial charge in [0.2, 0.25) is 0 Å². The molecule has 5 rings (SSSR count). The van der Waals surface area contributed by atoms with Gasteiger partial charge < -0.3 is 9.47 Å². The molecule has 0 aliphatic carbocycles. The zero-order valence-corrected chi connectivity index (χ0v) is 20.2. The Morgan fingerprint density at radius 2 is 1.89 bits per heavy atom. The lowest BCUT2D eigenvalue weighted by Gasteiger charge is -2.55. The third kappa shape index (κ3) is 3.68. The lowest BCUT2D eigenvalue weighted by Crippen LogP contribution is -2.67. The Bertz CT molecular complexity index is 1360. The molecular formula is C26H23N3O5S. The number of nitro groups is 1. The first-order chi connectivity index (χ1) is 16.7. The zero-order chi connectivity index (χ0) is 24.9. The Labute approximate surface area is 207 Å². The van der Waals surface area contributed by atoms with Gasteiger partial charge in [-0.25, -0.2) is 0 Å². The van der Waals surface area contributed by atoms with Gasteiger partial charge in [-0.15, -0.1) is 0 Å². The molecule has 2 atom stereocenters. The molecule has 3 aromatic rings. The quantitative estimate of drug-likeness (QED) is 0.276. The van der Waals surface area contributed by atoms with E-state index in [9.17, 15) is 14.9 Å². The molecule has 0 saturated carbocycles. The number of nitro benzene ring substituents is 1. The van der Waals surface area contributed by atoms with Crippen molar-refractivity contribution in [3.63, 3.8) is 0 Å². The van der Waals surface area contributed by atoms with Crippen molar-refractivity contribution < 1.29 is 19.2 Å². The van der Waals surface area contributed by atoms with E-state index in [2.05, 4.69) is 0 Å². The molecule has 1 saturated heterocycles. The second kappa shape index (κ2) is 8.35. The number of methoxy groups -OCH3 is 1. The van der Waals surface area contributed by atoms with E-state index in [1.54, 1.807) is 12.0 Å². The molecule has 178 valence electrons. The first-order valence-corrected chi connectivity index (χ1v) is 11.5. The van der Waals surface area contributed by atoms with Crippen LogP contribution in [0.3, 0.4) is 0 Å². The molecule has 35 heavy (non-hydrogen) atoms. The number of anilines is 1. The number of ether oxygens (including phenoxy) is 2. The van der Waals surface area contributed by atoms with Gasteiger partial charge >= 0.3 is 0 Å². The summed E-state index contributed by atoms with van der Waals surface area (Å²) in [5.41, 5.74) is 1.99. The van der Waals surface area contributed by atoms with Gasteiger partial charge in [-0.3, -0.25) is 24.7 Å². The van der Waals surface area contributed by atoms with Gasteiger partial charge in [0, 0.05) is 35.4 Å². The molecule has 0 aromatic heterocycles. The second-order valence-corrected chi connectivity index (χ2v) is 9.18. The van der Waals surface area contributed by atoms with E-state index in [-0.39, 0.29) is 11.6 Å². The highest BCUT2D eigenvalue weighted by Crippen LogP contribution is 2.52. The van der Waals surface area contributed by atoms with Crippen LogP contribution in [0.5, 0.6) is 11.5 Å². The van der Waals surface area contributed by atoms with Crippen molar-refractivity contribution in [2.24, 2.45) is 0 Å². The first kappa shape index (κ1) is 22.8. The van der Waals surface area contributed by atoms with Crippen molar-refractivity contribution in [3.8, 4) is 11.5 Å². The number of rotatable bonds is 4. The third-order valence-electron chi connectivity index (χ3n) is 6.47. The molecule has 2 aliphatic rings. The molecule has 3 aromatic carbocycles. The average molecular weight is 490 g/mol. The van der Waals surface area contributed by atoms with Crippen molar-refractivity contribution >= 4 is 34.6 Å². The summed E-state index contributed by atoms with van der Waals surface area (Å²) >= 11 is 5.95. The van der Waals surface area contributed by atoms with Gasteiger partial charge in [-0.2, -0.15) is 0 Å². The highest BCUT2D eigenvalue weighted by atomic mass is 32.1. The van der Waals surface area contributed by atoms with Crippen LogP contribution in [-0.2, 0) is 0 Å². The molecule has 2 bridgehead atoms. The Hall–Kier alpha value is -3.98. The number of para-hydroxylation sites is 1. The summed E-state index contributed by atoms with van der Waals surface area (Å²) in [7, 11) is 1.58. The maximum atomic E-state index is 13.9. The number of benzene rings is 3. The van der Waals surface area contributed by atoms with Crippen LogP contribution in [0.25, 0.3) is 0 Å². The van der Waals surface area contributed by atoms with Crippen molar-refractivity contribution in [2.45, 2.75) is 32.0 Å². The Morgan fingerprint density at radius 1 is 1.17 bits per heavy atom. The minimum atomic E-state index is -0.872. The van der Waals surface area contributed by atoms with E-state index >= 15 is 0 Å². The SMILES string of the molecule is COc1cccc2c1O[C@]1(C)C[C@H]2N(C(=O)c2ccc([N+](=O)[O-])cc2)C(=S)N1c1cccc(C)c1. The Kier molecular flexibility index (Phi) is 5.44. The van der Waals surface area contributed by atoms with Crippen LogP contribution in [0.1, 0.15) is 40.9 Å². The fraction of sp³-hybridized carbons (Fsp3) is 0.231. The number of non-ortho nitro benzene ring substituents is 1. The number of nitrogens with zero attached hydrogens (tertiary/aromatic N) is 3. The summed E-state index contributed by atoms with van der Waals surface area (Å²) in [4.78, 5) is 27.9. The number of carbonyl (C=O) groups excluding carboxylic acids is 1. The lowest BCUT2D eigenvalue weighted by atomic mass is 9.88. The number of thiocarbonyl (C=S) groups is 1. The number of fused-ring (bicyclic) bond motifs is 4. The molecule has 1 fully saturated rings. The summed E-state index contributed by atoms with van der Waals surface area (Å²) in [6, 6.07) is 18.6. The monoisotopic (exact) mass is 489 g/mol. The maximum absolute atomic E-state index is 13.9. The van der Waals surface area contributed by atoms with E-state index in [0.29, 0.717) is 28.6 Å². The molecule has 2 aliphatic heterocycles. The Balaban J connectivity index is 1.67. The number of amides is 1. The summed E-state index contributed by atoms with van der Waals surface area (Å²) in [6.07, 6.45) is 0.458. The van der Waals surface area contributed by atoms with Crippen molar-refractivity contribution in [1.82, 2.24) is 4.90 Å². The van der Waals surface area contributed by atoms with Gasteiger partial charge in [0.1, 0.15) is 0 Å².